The van der Waals surface area contributed by atoms with E-state index in [4.69, 9.17) is 0 Å². The van der Waals surface area contributed by atoms with Crippen molar-refractivity contribution in [1.29, 1.82) is 0 Å². The Morgan fingerprint density at radius 3 is 2.89 bits per heavy atom. The molecule has 0 saturated carbocycles. The molecule has 0 bridgehead atoms. The Labute approximate surface area is 124 Å². The van der Waals surface area contributed by atoms with Gasteiger partial charge in [-0.15, -0.1) is 0 Å². The van der Waals surface area contributed by atoms with Crippen molar-refractivity contribution in [2.24, 2.45) is 0 Å². The first-order valence-electron chi connectivity index (χ1n) is 7.55. The molecule has 2 heterocycles. The summed E-state index contributed by atoms with van der Waals surface area (Å²) in [4.78, 5) is 11.7. The molecule has 1 aromatic rings. The molecule has 0 spiro atoms. The van der Waals surface area contributed by atoms with E-state index in [-0.39, 0.29) is 0 Å². The van der Waals surface area contributed by atoms with Gasteiger partial charge < -0.3 is 4.90 Å². The number of alkyl halides is 1. The second-order valence-electron chi connectivity index (χ2n) is 5.68. The summed E-state index contributed by atoms with van der Waals surface area (Å²) in [5.41, 5.74) is 2.73. The molecule has 3 nitrogen and oxygen atoms in total. The van der Waals surface area contributed by atoms with Gasteiger partial charge in [0.1, 0.15) is 12.1 Å². The Kier molecular flexibility index (Phi) is 4.36. The van der Waals surface area contributed by atoms with Crippen LogP contribution >= 0.6 is 15.9 Å². The molecule has 1 saturated heterocycles. The lowest BCUT2D eigenvalue weighted by Crippen LogP contribution is -2.38. The van der Waals surface area contributed by atoms with Gasteiger partial charge in [-0.3, -0.25) is 0 Å². The summed E-state index contributed by atoms with van der Waals surface area (Å²) in [6.45, 7) is 1.15. The normalized spacial score (nSPS) is 23.8. The van der Waals surface area contributed by atoms with Crippen molar-refractivity contribution in [2.45, 2.75) is 57.4 Å². The Balaban J connectivity index is 1.95. The summed E-state index contributed by atoms with van der Waals surface area (Å²) >= 11 is 3.69. The Hall–Kier alpha value is -0.640. The molecule has 1 atom stereocenters. The standard InChI is InChI=1S/C15H22BrN3/c16-10-12-6-2-1-5-9-19(12)15-13-7-3-4-8-14(13)17-11-18-15/h11-12H,1-10H2. The average molecular weight is 324 g/mol. The number of nitrogens with zero attached hydrogens (tertiary/aromatic N) is 3. The van der Waals surface area contributed by atoms with Gasteiger partial charge in [-0.25, -0.2) is 9.97 Å². The fourth-order valence-electron chi connectivity index (χ4n) is 3.37. The average Bonchev–Trinajstić information content (AvgIpc) is 2.71. The van der Waals surface area contributed by atoms with E-state index in [9.17, 15) is 0 Å². The van der Waals surface area contributed by atoms with Gasteiger partial charge in [0, 0.05) is 29.2 Å². The van der Waals surface area contributed by atoms with E-state index in [0.717, 1.165) is 24.7 Å². The monoisotopic (exact) mass is 323 g/mol. The van der Waals surface area contributed by atoms with Crippen LogP contribution in [0.25, 0.3) is 0 Å². The van der Waals surface area contributed by atoms with E-state index in [1.54, 1.807) is 6.33 Å². The zero-order valence-corrected chi connectivity index (χ0v) is 13.0. The fourth-order valence-corrected chi connectivity index (χ4v) is 4.04. The molecule has 0 amide bonds. The number of aromatic nitrogens is 2. The fraction of sp³-hybridized carbons (Fsp3) is 0.733. The van der Waals surface area contributed by atoms with E-state index in [1.165, 1.54) is 55.6 Å². The van der Waals surface area contributed by atoms with Gasteiger partial charge in [-0.2, -0.15) is 0 Å². The third-order valence-corrected chi connectivity index (χ3v) is 5.18. The van der Waals surface area contributed by atoms with E-state index >= 15 is 0 Å². The molecule has 4 heteroatoms. The molecule has 1 aromatic heterocycles. The lowest BCUT2D eigenvalue weighted by Gasteiger charge is -2.32. The van der Waals surface area contributed by atoms with Gasteiger partial charge in [-0.05, 0) is 38.5 Å². The minimum atomic E-state index is 0.600. The quantitative estimate of drug-likeness (QED) is 0.780. The predicted octanol–water partition coefficient (Wildman–Crippen LogP) is 3.50. The number of halogens is 1. The Morgan fingerprint density at radius 1 is 1.11 bits per heavy atom. The molecule has 1 fully saturated rings. The van der Waals surface area contributed by atoms with Crippen molar-refractivity contribution in [3.63, 3.8) is 0 Å². The van der Waals surface area contributed by atoms with Gasteiger partial charge in [0.2, 0.25) is 0 Å². The summed E-state index contributed by atoms with van der Waals surface area (Å²) < 4.78 is 0. The highest BCUT2D eigenvalue weighted by Crippen LogP contribution is 2.31. The summed E-state index contributed by atoms with van der Waals surface area (Å²) in [6.07, 6.45) is 11.9. The maximum atomic E-state index is 4.65. The van der Waals surface area contributed by atoms with Crippen LogP contribution in [0.15, 0.2) is 6.33 Å². The summed E-state index contributed by atoms with van der Waals surface area (Å²) in [5, 5.41) is 1.05. The highest BCUT2D eigenvalue weighted by Gasteiger charge is 2.25. The first-order chi connectivity index (χ1) is 9.40. The minimum Gasteiger partial charge on any atom is -0.352 e. The number of aryl methyl sites for hydroxylation is 1. The summed E-state index contributed by atoms with van der Waals surface area (Å²) in [7, 11) is 0. The lowest BCUT2D eigenvalue weighted by atomic mass is 9.96. The first-order valence-corrected chi connectivity index (χ1v) is 8.67. The van der Waals surface area contributed by atoms with Gasteiger partial charge in [0.05, 0.1) is 0 Å². The predicted molar refractivity (Wildman–Crippen MR) is 82.1 cm³/mol. The number of rotatable bonds is 2. The van der Waals surface area contributed by atoms with Crippen LogP contribution in [0.2, 0.25) is 0 Å². The lowest BCUT2D eigenvalue weighted by molar-refractivity contribution is 0.606. The molecule has 0 radical (unpaired) electrons. The molecule has 1 unspecified atom stereocenters. The smallest absolute Gasteiger partial charge is 0.135 e. The van der Waals surface area contributed by atoms with Crippen LogP contribution in [0.5, 0.6) is 0 Å². The third-order valence-electron chi connectivity index (χ3n) is 4.43. The molecule has 19 heavy (non-hydrogen) atoms. The molecule has 1 aliphatic heterocycles. The molecular formula is C15H22BrN3. The maximum absolute atomic E-state index is 4.65. The number of anilines is 1. The van der Waals surface area contributed by atoms with Crippen molar-refractivity contribution in [3.05, 3.63) is 17.6 Å². The highest BCUT2D eigenvalue weighted by molar-refractivity contribution is 9.09. The number of fused-ring (bicyclic) bond motifs is 1. The zero-order chi connectivity index (χ0) is 13.1. The van der Waals surface area contributed by atoms with Crippen molar-refractivity contribution in [3.8, 4) is 0 Å². The van der Waals surface area contributed by atoms with Crippen LogP contribution in [0.3, 0.4) is 0 Å². The van der Waals surface area contributed by atoms with Gasteiger partial charge in [0.25, 0.3) is 0 Å². The second-order valence-corrected chi connectivity index (χ2v) is 6.33. The van der Waals surface area contributed by atoms with Gasteiger partial charge in [-0.1, -0.05) is 28.8 Å². The SMILES string of the molecule is BrCC1CCCCCN1c1ncnc2c1CCCC2. The summed E-state index contributed by atoms with van der Waals surface area (Å²) in [5.74, 6) is 1.23. The van der Waals surface area contributed by atoms with Crippen molar-refractivity contribution < 1.29 is 0 Å². The number of hydrogen-bond donors (Lipinski definition) is 0. The topological polar surface area (TPSA) is 29.0 Å². The van der Waals surface area contributed by atoms with E-state index in [1.807, 2.05) is 0 Å². The van der Waals surface area contributed by atoms with Crippen LogP contribution in [-0.4, -0.2) is 27.9 Å². The largest absolute Gasteiger partial charge is 0.352 e. The first kappa shape index (κ1) is 13.3. The van der Waals surface area contributed by atoms with E-state index < -0.39 is 0 Å². The highest BCUT2D eigenvalue weighted by atomic mass is 79.9. The van der Waals surface area contributed by atoms with Crippen molar-refractivity contribution >= 4 is 21.7 Å². The van der Waals surface area contributed by atoms with Crippen LogP contribution in [0, 0.1) is 0 Å². The molecule has 3 rings (SSSR count). The molecule has 104 valence electrons. The van der Waals surface area contributed by atoms with Gasteiger partial charge in [0.15, 0.2) is 0 Å². The molecule has 1 aliphatic carbocycles. The van der Waals surface area contributed by atoms with E-state index in [0.29, 0.717) is 6.04 Å². The van der Waals surface area contributed by atoms with Crippen LogP contribution in [0.1, 0.15) is 49.8 Å². The Bertz CT molecular complexity index is 435. The Morgan fingerprint density at radius 2 is 2.00 bits per heavy atom. The van der Waals surface area contributed by atoms with Crippen LogP contribution in [-0.2, 0) is 12.8 Å². The molecule has 0 N–H and O–H groups in total. The maximum Gasteiger partial charge on any atom is 0.135 e. The minimum absolute atomic E-state index is 0.600. The molecule has 0 aromatic carbocycles. The zero-order valence-electron chi connectivity index (χ0n) is 11.4. The molecular weight excluding hydrogens is 302 g/mol. The van der Waals surface area contributed by atoms with Crippen molar-refractivity contribution in [2.75, 3.05) is 16.8 Å². The number of hydrogen-bond acceptors (Lipinski definition) is 3. The van der Waals surface area contributed by atoms with E-state index in [2.05, 4.69) is 30.8 Å². The molecule has 2 aliphatic rings. The van der Waals surface area contributed by atoms with Gasteiger partial charge >= 0.3 is 0 Å². The summed E-state index contributed by atoms with van der Waals surface area (Å²) in [6, 6.07) is 0.600. The van der Waals surface area contributed by atoms with Crippen LogP contribution in [0.4, 0.5) is 5.82 Å². The van der Waals surface area contributed by atoms with Crippen LogP contribution < -0.4 is 4.90 Å². The third kappa shape index (κ3) is 2.78. The van der Waals surface area contributed by atoms with Crippen molar-refractivity contribution in [1.82, 2.24) is 9.97 Å². The second kappa shape index (κ2) is 6.21.